The van der Waals surface area contributed by atoms with Gasteiger partial charge in [-0.3, -0.25) is 0 Å². The molecule has 0 saturated carbocycles. The van der Waals surface area contributed by atoms with Crippen LogP contribution in [0.25, 0.3) is 11.0 Å². The zero-order valence-electron chi connectivity index (χ0n) is 6.10. The molecule has 0 aliphatic heterocycles. The molecule has 12 heavy (non-hydrogen) atoms. The standard InChI is InChI=1S/C9H6O2.Ni/c10-9-6-5-7-3-1-2-4-8(7)11-9;/h1-6H;. The van der Waals surface area contributed by atoms with Crippen LogP contribution in [0.3, 0.4) is 0 Å². The minimum Gasteiger partial charge on any atom is -0.423 e. The third-order valence-corrected chi connectivity index (χ3v) is 1.53. The molecule has 0 spiro atoms. The molecule has 1 heterocycles. The van der Waals surface area contributed by atoms with Crippen molar-refractivity contribution in [1.82, 2.24) is 0 Å². The molecule has 0 N–H and O–H groups in total. The SMILES string of the molecule is O=c1ccc2ccccc2o1.[Ni]. The fourth-order valence-electron chi connectivity index (χ4n) is 1.01. The molecule has 0 atom stereocenters. The van der Waals surface area contributed by atoms with Gasteiger partial charge in [-0.05, 0) is 12.1 Å². The van der Waals surface area contributed by atoms with E-state index in [0.717, 1.165) is 5.39 Å². The summed E-state index contributed by atoms with van der Waals surface area (Å²) in [5.74, 6) is 0. The molecule has 3 heteroatoms. The summed E-state index contributed by atoms with van der Waals surface area (Å²) >= 11 is 0. The van der Waals surface area contributed by atoms with E-state index >= 15 is 0 Å². The van der Waals surface area contributed by atoms with Crippen molar-refractivity contribution < 1.29 is 20.9 Å². The summed E-state index contributed by atoms with van der Waals surface area (Å²) in [5, 5.41) is 0.951. The van der Waals surface area contributed by atoms with Gasteiger partial charge < -0.3 is 4.42 Å². The first-order chi connectivity index (χ1) is 5.36. The maximum Gasteiger partial charge on any atom is 0.336 e. The summed E-state index contributed by atoms with van der Waals surface area (Å²) in [6.07, 6.45) is 0. The molecule has 64 valence electrons. The maximum atomic E-state index is 10.7. The molecule has 1 aromatic carbocycles. The summed E-state index contributed by atoms with van der Waals surface area (Å²) in [6.45, 7) is 0. The zero-order chi connectivity index (χ0) is 7.68. The Bertz CT molecular complexity index is 433. The molecule has 2 nitrogen and oxygen atoms in total. The monoisotopic (exact) mass is 204 g/mol. The Morgan fingerprint density at radius 1 is 1.00 bits per heavy atom. The van der Waals surface area contributed by atoms with Crippen molar-refractivity contribution in [2.45, 2.75) is 0 Å². The fraction of sp³-hybridized carbons (Fsp3) is 0. The van der Waals surface area contributed by atoms with Crippen LogP contribution in [0.4, 0.5) is 0 Å². The summed E-state index contributed by atoms with van der Waals surface area (Å²) < 4.78 is 4.91. The van der Waals surface area contributed by atoms with Crippen LogP contribution in [0.15, 0.2) is 45.6 Å². The number of hydrogen-bond donors (Lipinski definition) is 0. The average Bonchev–Trinajstić information content (AvgIpc) is 2.04. The second-order valence-corrected chi connectivity index (χ2v) is 2.29. The topological polar surface area (TPSA) is 30.2 Å². The molecule has 0 amide bonds. The predicted octanol–water partition coefficient (Wildman–Crippen LogP) is 1.79. The predicted molar refractivity (Wildman–Crippen MR) is 42.5 cm³/mol. The third-order valence-electron chi connectivity index (χ3n) is 1.53. The van der Waals surface area contributed by atoms with Gasteiger partial charge in [0, 0.05) is 27.9 Å². The summed E-state index contributed by atoms with van der Waals surface area (Å²) in [4.78, 5) is 10.7. The Balaban J connectivity index is 0.000000720. The van der Waals surface area contributed by atoms with E-state index in [2.05, 4.69) is 0 Å². The average molecular weight is 205 g/mol. The van der Waals surface area contributed by atoms with Crippen molar-refractivity contribution in [3.63, 3.8) is 0 Å². The molecular weight excluding hydrogens is 199 g/mol. The summed E-state index contributed by atoms with van der Waals surface area (Å²) in [6, 6.07) is 10.6. The van der Waals surface area contributed by atoms with E-state index in [1.165, 1.54) is 6.07 Å². The zero-order valence-corrected chi connectivity index (χ0v) is 7.08. The van der Waals surface area contributed by atoms with Crippen molar-refractivity contribution in [2.75, 3.05) is 0 Å². The Labute approximate surface area is 79.1 Å². The molecule has 0 bridgehead atoms. The smallest absolute Gasteiger partial charge is 0.336 e. The van der Waals surface area contributed by atoms with Gasteiger partial charge in [-0.15, -0.1) is 0 Å². The molecule has 2 rings (SSSR count). The van der Waals surface area contributed by atoms with Crippen LogP contribution in [0.1, 0.15) is 0 Å². The fourth-order valence-corrected chi connectivity index (χ4v) is 1.01. The molecule has 0 unspecified atom stereocenters. The molecule has 0 aliphatic rings. The van der Waals surface area contributed by atoms with Gasteiger partial charge in [0.1, 0.15) is 5.58 Å². The molecule has 1 aromatic heterocycles. The first kappa shape index (κ1) is 9.02. The molecule has 0 radical (unpaired) electrons. The molecule has 2 aromatic rings. The summed E-state index contributed by atoms with van der Waals surface area (Å²) in [7, 11) is 0. The van der Waals surface area contributed by atoms with Gasteiger partial charge in [-0.1, -0.05) is 18.2 Å². The Kier molecular flexibility index (Phi) is 2.67. The Morgan fingerprint density at radius 2 is 1.75 bits per heavy atom. The van der Waals surface area contributed by atoms with Gasteiger partial charge in [0.15, 0.2) is 0 Å². The van der Waals surface area contributed by atoms with E-state index in [-0.39, 0.29) is 22.1 Å². The van der Waals surface area contributed by atoms with Crippen LogP contribution in [0.5, 0.6) is 0 Å². The van der Waals surface area contributed by atoms with Gasteiger partial charge in [-0.2, -0.15) is 0 Å². The minimum absolute atomic E-state index is 0. The van der Waals surface area contributed by atoms with E-state index in [9.17, 15) is 4.79 Å². The van der Waals surface area contributed by atoms with Crippen molar-refractivity contribution in [2.24, 2.45) is 0 Å². The van der Waals surface area contributed by atoms with Crippen molar-refractivity contribution in [3.05, 3.63) is 46.8 Å². The van der Waals surface area contributed by atoms with Crippen LogP contribution >= 0.6 is 0 Å². The van der Waals surface area contributed by atoms with Crippen LogP contribution in [-0.2, 0) is 16.5 Å². The molecule has 0 aliphatic carbocycles. The minimum atomic E-state index is -0.302. The molecule has 0 saturated heterocycles. The molecular formula is C9H6NiO2. The Hall–Kier alpha value is -1.08. The van der Waals surface area contributed by atoms with E-state index in [1.807, 2.05) is 18.2 Å². The first-order valence-electron chi connectivity index (χ1n) is 3.35. The van der Waals surface area contributed by atoms with Gasteiger partial charge in [0.25, 0.3) is 0 Å². The van der Waals surface area contributed by atoms with E-state index < -0.39 is 0 Å². The second kappa shape index (κ2) is 3.55. The number of para-hydroxylation sites is 1. The van der Waals surface area contributed by atoms with Crippen LogP contribution < -0.4 is 5.63 Å². The van der Waals surface area contributed by atoms with E-state index in [4.69, 9.17) is 4.42 Å². The van der Waals surface area contributed by atoms with Crippen molar-refractivity contribution in [3.8, 4) is 0 Å². The van der Waals surface area contributed by atoms with E-state index in [0.29, 0.717) is 5.58 Å². The van der Waals surface area contributed by atoms with Gasteiger partial charge in [0.05, 0.1) is 0 Å². The third kappa shape index (κ3) is 1.56. The van der Waals surface area contributed by atoms with Crippen LogP contribution in [-0.4, -0.2) is 0 Å². The number of rotatable bonds is 0. The number of fused-ring (bicyclic) bond motifs is 1. The summed E-state index contributed by atoms with van der Waals surface area (Å²) in [5.41, 5.74) is 0.337. The quantitative estimate of drug-likeness (QED) is 0.484. The van der Waals surface area contributed by atoms with Gasteiger partial charge >= 0.3 is 5.63 Å². The van der Waals surface area contributed by atoms with Crippen LogP contribution in [0.2, 0.25) is 0 Å². The molecule has 0 fully saturated rings. The normalized spacial score (nSPS) is 9.33. The van der Waals surface area contributed by atoms with Gasteiger partial charge in [-0.25, -0.2) is 4.79 Å². The van der Waals surface area contributed by atoms with Crippen molar-refractivity contribution >= 4 is 11.0 Å². The van der Waals surface area contributed by atoms with Crippen molar-refractivity contribution in [1.29, 1.82) is 0 Å². The largest absolute Gasteiger partial charge is 0.423 e. The Morgan fingerprint density at radius 3 is 2.58 bits per heavy atom. The van der Waals surface area contributed by atoms with Gasteiger partial charge in [0.2, 0.25) is 0 Å². The van der Waals surface area contributed by atoms with Crippen LogP contribution in [0, 0.1) is 0 Å². The number of hydrogen-bond acceptors (Lipinski definition) is 2. The number of benzene rings is 1. The maximum absolute atomic E-state index is 10.7. The first-order valence-corrected chi connectivity index (χ1v) is 3.35. The second-order valence-electron chi connectivity index (χ2n) is 2.29. The van der Waals surface area contributed by atoms with E-state index in [1.54, 1.807) is 12.1 Å².